The van der Waals surface area contributed by atoms with E-state index in [-0.39, 0.29) is 11.7 Å². The Labute approximate surface area is 100 Å². The van der Waals surface area contributed by atoms with Crippen LogP contribution in [0.25, 0.3) is 0 Å². The number of hydrogen-bond acceptors (Lipinski definition) is 2. The van der Waals surface area contributed by atoms with Crippen molar-refractivity contribution in [1.29, 1.82) is 0 Å². The second-order valence-electron chi connectivity index (χ2n) is 4.38. The minimum absolute atomic E-state index is 0.0829. The molecule has 1 aliphatic carbocycles. The lowest BCUT2D eigenvalue weighted by atomic mass is 10.2. The summed E-state index contributed by atoms with van der Waals surface area (Å²) < 4.78 is 13.1. The summed E-state index contributed by atoms with van der Waals surface area (Å²) in [6.07, 6.45) is 2.88. The van der Waals surface area contributed by atoms with E-state index in [1.807, 2.05) is 4.90 Å². The Balaban J connectivity index is 2.10. The summed E-state index contributed by atoms with van der Waals surface area (Å²) in [5, 5.41) is 0. The lowest BCUT2D eigenvalue weighted by Gasteiger charge is -2.22. The van der Waals surface area contributed by atoms with Crippen LogP contribution in [0.2, 0.25) is 0 Å². The first kappa shape index (κ1) is 12.0. The number of hydrogen-bond donors (Lipinski definition) is 1. The molecule has 17 heavy (non-hydrogen) atoms. The van der Waals surface area contributed by atoms with Crippen LogP contribution in [0.1, 0.15) is 29.6 Å². The Morgan fingerprint density at radius 1 is 1.47 bits per heavy atom. The van der Waals surface area contributed by atoms with Crippen LogP contribution in [-0.2, 0) is 0 Å². The summed E-state index contributed by atoms with van der Waals surface area (Å²) in [7, 11) is 0. The Kier molecular flexibility index (Phi) is 3.74. The molecule has 1 aromatic carbocycles. The average molecular weight is 236 g/mol. The van der Waals surface area contributed by atoms with Gasteiger partial charge in [-0.3, -0.25) is 4.79 Å². The molecule has 4 heteroatoms. The molecule has 0 atom stereocenters. The molecule has 0 unspecified atom stereocenters. The predicted molar refractivity (Wildman–Crippen MR) is 64.1 cm³/mol. The topological polar surface area (TPSA) is 46.3 Å². The first-order valence-electron chi connectivity index (χ1n) is 5.99. The van der Waals surface area contributed by atoms with Gasteiger partial charge in [0.2, 0.25) is 0 Å². The number of carbonyl (C=O) groups excluding carboxylic acids is 1. The minimum atomic E-state index is -0.370. The monoisotopic (exact) mass is 236 g/mol. The largest absolute Gasteiger partial charge is 0.336 e. The van der Waals surface area contributed by atoms with Crippen LogP contribution in [-0.4, -0.2) is 29.9 Å². The number of rotatable bonds is 5. The molecule has 2 N–H and O–H groups in total. The number of halogens is 1. The molecule has 0 bridgehead atoms. The van der Waals surface area contributed by atoms with Crippen molar-refractivity contribution in [2.45, 2.75) is 25.3 Å². The van der Waals surface area contributed by atoms with E-state index in [2.05, 4.69) is 0 Å². The van der Waals surface area contributed by atoms with Crippen LogP contribution in [0.3, 0.4) is 0 Å². The van der Waals surface area contributed by atoms with Gasteiger partial charge in [-0.2, -0.15) is 0 Å². The van der Waals surface area contributed by atoms with Crippen LogP contribution < -0.4 is 5.73 Å². The Hall–Kier alpha value is -1.42. The SMILES string of the molecule is NCCCN(C(=O)c1cccc(F)c1)C1CC1. The Bertz CT molecular complexity index is 404. The molecule has 2 rings (SSSR count). The van der Waals surface area contributed by atoms with E-state index in [9.17, 15) is 9.18 Å². The van der Waals surface area contributed by atoms with Crippen LogP contribution >= 0.6 is 0 Å². The van der Waals surface area contributed by atoms with E-state index in [0.717, 1.165) is 19.3 Å². The van der Waals surface area contributed by atoms with Gasteiger partial charge in [-0.25, -0.2) is 4.39 Å². The molecule has 3 nitrogen and oxygen atoms in total. The second-order valence-corrected chi connectivity index (χ2v) is 4.38. The summed E-state index contributed by atoms with van der Waals surface area (Å²) in [5.41, 5.74) is 5.89. The first-order valence-corrected chi connectivity index (χ1v) is 5.99. The fraction of sp³-hybridized carbons (Fsp3) is 0.462. The molecule has 1 aliphatic rings. The quantitative estimate of drug-likeness (QED) is 0.847. The van der Waals surface area contributed by atoms with Crippen molar-refractivity contribution in [3.05, 3.63) is 35.6 Å². The van der Waals surface area contributed by atoms with Crippen LogP contribution in [0.4, 0.5) is 4.39 Å². The summed E-state index contributed by atoms with van der Waals surface area (Å²) >= 11 is 0. The molecule has 92 valence electrons. The van der Waals surface area contributed by atoms with Crippen LogP contribution in [0.15, 0.2) is 24.3 Å². The zero-order valence-corrected chi connectivity index (χ0v) is 9.73. The van der Waals surface area contributed by atoms with Crippen LogP contribution in [0, 0.1) is 5.82 Å². The molecular weight excluding hydrogens is 219 g/mol. The highest BCUT2D eigenvalue weighted by Gasteiger charge is 2.32. The lowest BCUT2D eigenvalue weighted by Crippen LogP contribution is -2.34. The third-order valence-corrected chi connectivity index (χ3v) is 2.92. The fourth-order valence-corrected chi connectivity index (χ4v) is 1.89. The summed E-state index contributed by atoms with van der Waals surface area (Å²) in [6.45, 7) is 1.23. The molecule has 1 saturated carbocycles. The molecule has 0 heterocycles. The highest BCUT2D eigenvalue weighted by Crippen LogP contribution is 2.28. The molecular formula is C13H17FN2O. The normalized spacial score (nSPS) is 14.7. The molecule has 0 aliphatic heterocycles. The van der Waals surface area contributed by atoms with E-state index in [1.54, 1.807) is 12.1 Å². The van der Waals surface area contributed by atoms with Gasteiger partial charge in [0, 0.05) is 18.2 Å². The minimum Gasteiger partial charge on any atom is -0.336 e. The van der Waals surface area contributed by atoms with Crippen molar-refractivity contribution in [1.82, 2.24) is 4.90 Å². The van der Waals surface area contributed by atoms with Crippen molar-refractivity contribution >= 4 is 5.91 Å². The number of nitrogens with two attached hydrogens (primary N) is 1. The third kappa shape index (κ3) is 3.03. The van der Waals surface area contributed by atoms with E-state index < -0.39 is 0 Å². The van der Waals surface area contributed by atoms with Gasteiger partial charge in [0.25, 0.3) is 5.91 Å². The molecule has 0 radical (unpaired) electrons. The number of benzene rings is 1. The highest BCUT2D eigenvalue weighted by atomic mass is 19.1. The van der Waals surface area contributed by atoms with Gasteiger partial charge in [-0.1, -0.05) is 6.07 Å². The van der Waals surface area contributed by atoms with Gasteiger partial charge in [0.05, 0.1) is 0 Å². The van der Waals surface area contributed by atoms with E-state index >= 15 is 0 Å². The number of nitrogens with zero attached hydrogens (tertiary/aromatic N) is 1. The molecule has 0 spiro atoms. The van der Waals surface area contributed by atoms with E-state index in [1.165, 1.54) is 12.1 Å². The van der Waals surface area contributed by atoms with Gasteiger partial charge >= 0.3 is 0 Å². The smallest absolute Gasteiger partial charge is 0.254 e. The predicted octanol–water partition coefficient (Wildman–Crippen LogP) is 1.78. The van der Waals surface area contributed by atoms with Crippen LogP contribution in [0.5, 0.6) is 0 Å². The zero-order valence-electron chi connectivity index (χ0n) is 9.73. The maximum absolute atomic E-state index is 13.1. The Morgan fingerprint density at radius 3 is 2.82 bits per heavy atom. The van der Waals surface area contributed by atoms with Gasteiger partial charge in [-0.15, -0.1) is 0 Å². The van der Waals surface area contributed by atoms with Crippen molar-refractivity contribution in [2.24, 2.45) is 5.73 Å². The maximum atomic E-state index is 13.1. The molecule has 1 aromatic rings. The molecule has 1 amide bonds. The van der Waals surface area contributed by atoms with Gasteiger partial charge in [0.15, 0.2) is 0 Å². The Morgan fingerprint density at radius 2 is 2.24 bits per heavy atom. The third-order valence-electron chi connectivity index (χ3n) is 2.92. The van der Waals surface area contributed by atoms with Gasteiger partial charge in [-0.05, 0) is 44.0 Å². The van der Waals surface area contributed by atoms with E-state index in [4.69, 9.17) is 5.73 Å². The summed E-state index contributed by atoms with van der Waals surface area (Å²) in [5.74, 6) is -0.453. The number of amides is 1. The van der Waals surface area contributed by atoms with E-state index in [0.29, 0.717) is 24.7 Å². The first-order chi connectivity index (χ1) is 8.22. The summed E-state index contributed by atoms with van der Waals surface area (Å²) in [6, 6.07) is 6.19. The van der Waals surface area contributed by atoms with Crippen molar-refractivity contribution < 1.29 is 9.18 Å². The van der Waals surface area contributed by atoms with Gasteiger partial charge < -0.3 is 10.6 Å². The maximum Gasteiger partial charge on any atom is 0.254 e. The number of carbonyl (C=O) groups is 1. The zero-order chi connectivity index (χ0) is 12.3. The lowest BCUT2D eigenvalue weighted by molar-refractivity contribution is 0.0741. The van der Waals surface area contributed by atoms with Crippen molar-refractivity contribution in [3.8, 4) is 0 Å². The van der Waals surface area contributed by atoms with Crippen molar-refractivity contribution in [2.75, 3.05) is 13.1 Å². The summed E-state index contributed by atoms with van der Waals surface area (Å²) in [4.78, 5) is 14.0. The van der Waals surface area contributed by atoms with Gasteiger partial charge in [0.1, 0.15) is 5.82 Å². The average Bonchev–Trinajstić information content (AvgIpc) is 3.14. The highest BCUT2D eigenvalue weighted by molar-refractivity contribution is 5.94. The van der Waals surface area contributed by atoms with Crippen molar-refractivity contribution in [3.63, 3.8) is 0 Å². The molecule has 0 aromatic heterocycles. The standard InChI is InChI=1S/C13H17FN2O/c14-11-4-1-3-10(9-11)13(17)16(8-2-7-15)12-5-6-12/h1,3-4,9,12H,2,5-8,15H2. The second kappa shape index (κ2) is 5.27. The fourth-order valence-electron chi connectivity index (χ4n) is 1.89. The molecule has 0 saturated heterocycles. The molecule has 1 fully saturated rings.